The summed E-state index contributed by atoms with van der Waals surface area (Å²) in [6.45, 7) is 2.24. The first kappa shape index (κ1) is 13.8. The molecular formula is C11H20N2O4. The molecule has 6 nitrogen and oxygen atoms in total. The Balaban J connectivity index is 2.41. The second-order valence-corrected chi connectivity index (χ2v) is 4.26. The standard InChI is InChI=1S/C11H20N2O4/c1-2-13(8-5-3-4-6-8)11(17)12-7-9(14)10(15)16/h8-9,14H,2-7H2,1H3,(H,12,17)(H,15,16). The Kier molecular flexibility index (Phi) is 5.21. The molecule has 0 aromatic rings. The molecule has 1 aliphatic carbocycles. The van der Waals surface area contributed by atoms with Crippen molar-refractivity contribution < 1.29 is 19.8 Å². The maximum atomic E-state index is 11.8. The van der Waals surface area contributed by atoms with E-state index in [0.717, 1.165) is 25.7 Å². The number of nitrogens with one attached hydrogen (secondary N) is 1. The van der Waals surface area contributed by atoms with E-state index in [9.17, 15) is 9.59 Å². The molecule has 1 aliphatic rings. The van der Waals surface area contributed by atoms with Gasteiger partial charge in [-0.2, -0.15) is 0 Å². The molecule has 0 aromatic heterocycles. The summed E-state index contributed by atoms with van der Waals surface area (Å²) in [4.78, 5) is 23.9. The fraction of sp³-hybridized carbons (Fsp3) is 0.818. The third kappa shape index (κ3) is 3.89. The summed E-state index contributed by atoms with van der Waals surface area (Å²) in [5.74, 6) is -1.32. The number of rotatable bonds is 5. The van der Waals surface area contributed by atoms with E-state index in [1.54, 1.807) is 4.90 Å². The summed E-state index contributed by atoms with van der Waals surface area (Å²) in [5, 5.41) is 20.0. The molecule has 98 valence electrons. The molecule has 6 heteroatoms. The van der Waals surface area contributed by atoms with Gasteiger partial charge in [0.15, 0.2) is 6.10 Å². The van der Waals surface area contributed by atoms with Crippen LogP contribution in [-0.4, -0.2) is 52.3 Å². The van der Waals surface area contributed by atoms with Crippen molar-refractivity contribution in [1.29, 1.82) is 0 Å². The van der Waals surface area contributed by atoms with Crippen molar-refractivity contribution in [1.82, 2.24) is 10.2 Å². The first-order valence-corrected chi connectivity index (χ1v) is 6.01. The molecule has 1 atom stereocenters. The highest BCUT2D eigenvalue weighted by Crippen LogP contribution is 2.23. The first-order valence-electron chi connectivity index (χ1n) is 6.01. The highest BCUT2D eigenvalue weighted by molar-refractivity contribution is 5.77. The van der Waals surface area contributed by atoms with Gasteiger partial charge >= 0.3 is 12.0 Å². The van der Waals surface area contributed by atoms with Crippen molar-refractivity contribution in [3.8, 4) is 0 Å². The van der Waals surface area contributed by atoms with Gasteiger partial charge in [0.1, 0.15) is 0 Å². The fourth-order valence-electron chi connectivity index (χ4n) is 2.16. The molecule has 1 unspecified atom stereocenters. The van der Waals surface area contributed by atoms with E-state index in [1.165, 1.54) is 0 Å². The number of nitrogens with zero attached hydrogens (tertiary/aromatic N) is 1. The lowest BCUT2D eigenvalue weighted by Crippen LogP contribution is -2.47. The molecule has 1 fully saturated rings. The van der Waals surface area contributed by atoms with Crippen LogP contribution in [0.1, 0.15) is 32.6 Å². The zero-order valence-electron chi connectivity index (χ0n) is 10.1. The maximum absolute atomic E-state index is 11.8. The number of hydrogen-bond acceptors (Lipinski definition) is 3. The zero-order chi connectivity index (χ0) is 12.8. The van der Waals surface area contributed by atoms with Gasteiger partial charge in [-0.05, 0) is 19.8 Å². The molecule has 1 rings (SSSR count). The van der Waals surface area contributed by atoms with Crippen molar-refractivity contribution in [2.75, 3.05) is 13.1 Å². The number of carboxylic acids is 1. The van der Waals surface area contributed by atoms with E-state index in [4.69, 9.17) is 10.2 Å². The lowest BCUT2D eigenvalue weighted by Gasteiger charge is -2.28. The van der Waals surface area contributed by atoms with E-state index in [0.29, 0.717) is 6.54 Å². The van der Waals surface area contributed by atoms with Crippen molar-refractivity contribution in [2.24, 2.45) is 0 Å². The topological polar surface area (TPSA) is 89.9 Å². The van der Waals surface area contributed by atoms with Gasteiger partial charge in [0.05, 0.1) is 6.54 Å². The van der Waals surface area contributed by atoms with Crippen LogP contribution in [0.5, 0.6) is 0 Å². The molecule has 0 spiro atoms. The highest BCUT2D eigenvalue weighted by atomic mass is 16.4. The summed E-state index contributed by atoms with van der Waals surface area (Å²) >= 11 is 0. The normalized spacial score (nSPS) is 17.8. The molecule has 1 saturated carbocycles. The van der Waals surface area contributed by atoms with Crippen LogP contribution >= 0.6 is 0 Å². The van der Waals surface area contributed by atoms with Crippen LogP contribution in [0.15, 0.2) is 0 Å². The number of aliphatic hydroxyl groups is 1. The first-order chi connectivity index (χ1) is 8.06. The van der Waals surface area contributed by atoms with Crippen LogP contribution in [0.2, 0.25) is 0 Å². The molecule has 2 amide bonds. The number of aliphatic carboxylic acids is 1. The van der Waals surface area contributed by atoms with Gasteiger partial charge in [0, 0.05) is 12.6 Å². The van der Waals surface area contributed by atoms with Crippen LogP contribution in [0.3, 0.4) is 0 Å². The van der Waals surface area contributed by atoms with Crippen molar-refractivity contribution in [3.05, 3.63) is 0 Å². The molecule has 3 N–H and O–H groups in total. The van der Waals surface area contributed by atoms with Crippen LogP contribution < -0.4 is 5.32 Å². The van der Waals surface area contributed by atoms with Gasteiger partial charge in [0.25, 0.3) is 0 Å². The number of amides is 2. The molecule has 0 aromatic carbocycles. The Morgan fingerprint density at radius 1 is 1.41 bits per heavy atom. The summed E-state index contributed by atoms with van der Waals surface area (Å²) in [6, 6.07) is -0.0401. The van der Waals surface area contributed by atoms with Crippen LogP contribution in [0, 0.1) is 0 Å². The Bertz CT molecular complexity index is 277. The number of carbonyl (C=O) groups excluding carboxylic acids is 1. The SMILES string of the molecule is CCN(C(=O)NCC(O)C(=O)O)C1CCCC1. The maximum Gasteiger partial charge on any atom is 0.334 e. The van der Waals surface area contributed by atoms with Gasteiger partial charge in [-0.1, -0.05) is 12.8 Å². The summed E-state index contributed by atoms with van der Waals surface area (Å²) < 4.78 is 0. The van der Waals surface area contributed by atoms with Crippen LogP contribution in [-0.2, 0) is 4.79 Å². The van der Waals surface area contributed by atoms with Crippen LogP contribution in [0.25, 0.3) is 0 Å². The van der Waals surface area contributed by atoms with Gasteiger partial charge in [0.2, 0.25) is 0 Å². The molecule has 0 aliphatic heterocycles. The minimum Gasteiger partial charge on any atom is -0.479 e. The third-order valence-electron chi connectivity index (χ3n) is 3.10. The Morgan fingerprint density at radius 2 is 2.00 bits per heavy atom. The zero-order valence-corrected chi connectivity index (χ0v) is 10.1. The second kappa shape index (κ2) is 6.44. The second-order valence-electron chi connectivity index (χ2n) is 4.26. The van der Waals surface area contributed by atoms with Gasteiger partial charge in [-0.3, -0.25) is 0 Å². The number of urea groups is 1. The summed E-state index contributed by atoms with van der Waals surface area (Å²) in [5.41, 5.74) is 0. The fourth-order valence-corrected chi connectivity index (χ4v) is 2.16. The minimum absolute atomic E-state index is 0.252. The van der Waals surface area contributed by atoms with E-state index in [-0.39, 0.29) is 18.6 Å². The monoisotopic (exact) mass is 244 g/mol. The third-order valence-corrected chi connectivity index (χ3v) is 3.10. The molecule has 0 radical (unpaired) electrons. The molecular weight excluding hydrogens is 224 g/mol. The van der Waals surface area contributed by atoms with E-state index in [1.807, 2.05) is 6.92 Å². The number of hydrogen-bond donors (Lipinski definition) is 3. The number of aliphatic hydroxyl groups excluding tert-OH is 1. The van der Waals surface area contributed by atoms with E-state index >= 15 is 0 Å². The lowest BCUT2D eigenvalue weighted by atomic mass is 10.2. The van der Waals surface area contributed by atoms with E-state index in [2.05, 4.69) is 5.32 Å². The highest BCUT2D eigenvalue weighted by Gasteiger charge is 2.25. The largest absolute Gasteiger partial charge is 0.479 e. The molecule has 0 heterocycles. The predicted octanol–water partition coefficient (Wildman–Crippen LogP) is 0.406. The van der Waals surface area contributed by atoms with Gasteiger partial charge in [-0.15, -0.1) is 0 Å². The summed E-state index contributed by atoms with van der Waals surface area (Å²) in [6.07, 6.45) is 2.73. The van der Waals surface area contributed by atoms with Crippen molar-refractivity contribution >= 4 is 12.0 Å². The average Bonchev–Trinajstić information content (AvgIpc) is 2.80. The minimum atomic E-state index is -1.54. The quantitative estimate of drug-likeness (QED) is 0.653. The predicted molar refractivity (Wildman–Crippen MR) is 61.7 cm³/mol. The van der Waals surface area contributed by atoms with Crippen molar-refractivity contribution in [2.45, 2.75) is 44.8 Å². The smallest absolute Gasteiger partial charge is 0.334 e. The number of carbonyl (C=O) groups is 2. The Labute approximate surface area is 101 Å². The summed E-state index contributed by atoms with van der Waals surface area (Å²) in [7, 11) is 0. The van der Waals surface area contributed by atoms with Gasteiger partial charge < -0.3 is 20.4 Å². The molecule has 0 saturated heterocycles. The Hall–Kier alpha value is -1.30. The van der Waals surface area contributed by atoms with E-state index < -0.39 is 12.1 Å². The van der Waals surface area contributed by atoms with Crippen LogP contribution in [0.4, 0.5) is 4.79 Å². The van der Waals surface area contributed by atoms with Crippen molar-refractivity contribution in [3.63, 3.8) is 0 Å². The van der Waals surface area contributed by atoms with Gasteiger partial charge in [-0.25, -0.2) is 9.59 Å². The lowest BCUT2D eigenvalue weighted by molar-refractivity contribution is -0.146. The molecule has 17 heavy (non-hydrogen) atoms. The Morgan fingerprint density at radius 3 is 2.47 bits per heavy atom. The average molecular weight is 244 g/mol. The number of carboxylic acid groups (broad SMARTS) is 1. The molecule has 0 bridgehead atoms.